The third-order valence-corrected chi connectivity index (χ3v) is 0. The fraction of sp³-hybridized carbons (Fsp3) is 1.00. The SMILES string of the molecule is [CH3][Sn+]([CH3])[CH3].[Na+]. The van der Waals surface area contributed by atoms with E-state index in [0.29, 0.717) is 0 Å². The molecule has 0 saturated heterocycles. The van der Waals surface area contributed by atoms with Crippen LogP contribution in [0.15, 0.2) is 0 Å². The second-order valence-corrected chi connectivity index (χ2v) is 10.1. The van der Waals surface area contributed by atoms with Crippen molar-refractivity contribution in [2.45, 2.75) is 14.8 Å². The first-order valence-corrected chi connectivity index (χ1v) is 10.1. The van der Waals surface area contributed by atoms with Gasteiger partial charge in [-0.2, -0.15) is 0 Å². The van der Waals surface area contributed by atoms with Gasteiger partial charge in [-0.3, -0.25) is 0 Å². The maximum atomic E-state index is 2.36. The molecule has 0 N–H and O–H groups in total. The third kappa shape index (κ3) is 25.9. The zero-order valence-electron chi connectivity index (χ0n) is 4.50. The molecule has 2 heteroatoms. The molecule has 0 aliphatic carbocycles. The molecule has 0 nitrogen and oxygen atoms in total. The van der Waals surface area contributed by atoms with Crippen molar-refractivity contribution >= 4 is 19.8 Å². The van der Waals surface area contributed by atoms with Crippen LogP contribution in [0.1, 0.15) is 0 Å². The second kappa shape index (κ2) is 5.80. The summed E-state index contributed by atoms with van der Waals surface area (Å²) < 4.78 is 0. The van der Waals surface area contributed by atoms with Gasteiger partial charge in [-0.25, -0.2) is 0 Å². The molecule has 24 valence electrons. The first kappa shape index (κ1) is 9.93. The van der Waals surface area contributed by atoms with Crippen molar-refractivity contribution in [3.05, 3.63) is 0 Å². The smallest absolute Gasteiger partial charge is 1.00 e. The van der Waals surface area contributed by atoms with E-state index in [-0.39, 0.29) is 29.6 Å². The van der Waals surface area contributed by atoms with Gasteiger partial charge in [0.15, 0.2) is 0 Å². The Balaban J connectivity index is 0. The Hall–Kier alpha value is 1.80. The van der Waals surface area contributed by atoms with E-state index in [1.807, 2.05) is 0 Å². The molecule has 0 unspecified atom stereocenters. The summed E-state index contributed by atoms with van der Waals surface area (Å²) in [7, 11) is 0. The molecule has 0 atom stereocenters. The standard InChI is InChI=1S/3CH3.Na.Sn/h3*1H3;;/q;;;2*+1. The average molecular weight is 187 g/mol. The van der Waals surface area contributed by atoms with Gasteiger partial charge in [-0.15, -0.1) is 0 Å². The Bertz CT molecular complexity index is 11.6. The van der Waals surface area contributed by atoms with Gasteiger partial charge >= 0.3 is 64.1 Å². The monoisotopic (exact) mass is 188 g/mol. The van der Waals surface area contributed by atoms with Gasteiger partial charge in [0.25, 0.3) is 0 Å². The first-order valence-electron chi connectivity index (χ1n) is 1.50. The van der Waals surface area contributed by atoms with Gasteiger partial charge in [-0.05, 0) is 0 Å². The molecular weight excluding hydrogens is 178 g/mol. The average Bonchev–Trinajstić information content (AvgIpc) is 0.811. The second-order valence-electron chi connectivity index (χ2n) is 1.50. The molecule has 0 fully saturated rings. The predicted molar refractivity (Wildman–Crippen MR) is 23.3 cm³/mol. The number of rotatable bonds is 0. The van der Waals surface area contributed by atoms with E-state index in [9.17, 15) is 0 Å². The maximum absolute atomic E-state index is 2.36. The van der Waals surface area contributed by atoms with Crippen LogP contribution in [0, 0.1) is 0 Å². The Labute approximate surface area is 63.4 Å². The molecule has 0 aliphatic rings. The van der Waals surface area contributed by atoms with E-state index < -0.39 is 19.8 Å². The molecule has 0 aromatic carbocycles. The minimum Gasteiger partial charge on any atom is 1.00 e. The predicted octanol–water partition coefficient (Wildman–Crippen LogP) is -1.63. The summed E-state index contributed by atoms with van der Waals surface area (Å²) >= 11 is -0.543. The maximum Gasteiger partial charge on any atom is 1.00 e. The van der Waals surface area contributed by atoms with Crippen LogP contribution in [-0.2, 0) is 0 Å². The van der Waals surface area contributed by atoms with Crippen LogP contribution in [0.4, 0.5) is 0 Å². The fourth-order valence-electron chi connectivity index (χ4n) is 0. The third-order valence-electron chi connectivity index (χ3n) is 0. The van der Waals surface area contributed by atoms with Gasteiger partial charge in [0.2, 0.25) is 0 Å². The molecule has 0 rings (SSSR count). The molecule has 0 aliphatic heterocycles. The summed E-state index contributed by atoms with van der Waals surface area (Å²) in [6.07, 6.45) is 0. The van der Waals surface area contributed by atoms with Crippen molar-refractivity contribution in [1.29, 1.82) is 0 Å². The van der Waals surface area contributed by atoms with Gasteiger partial charge < -0.3 is 0 Å². The molecule has 0 amide bonds. The van der Waals surface area contributed by atoms with Crippen LogP contribution in [0.2, 0.25) is 14.8 Å². The first-order chi connectivity index (χ1) is 1.73. The summed E-state index contributed by atoms with van der Waals surface area (Å²) in [5.74, 6) is 0. The number of hydrogen-bond acceptors (Lipinski definition) is 0. The van der Waals surface area contributed by atoms with Crippen molar-refractivity contribution in [3.63, 3.8) is 0 Å². The normalized spacial score (nSPS) is 5.40. The van der Waals surface area contributed by atoms with E-state index in [4.69, 9.17) is 0 Å². The van der Waals surface area contributed by atoms with Crippen molar-refractivity contribution in [2.75, 3.05) is 0 Å². The van der Waals surface area contributed by atoms with E-state index in [1.165, 1.54) is 0 Å². The van der Waals surface area contributed by atoms with Crippen molar-refractivity contribution in [2.24, 2.45) is 0 Å². The van der Waals surface area contributed by atoms with Crippen LogP contribution < -0.4 is 29.6 Å². The van der Waals surface area contributed by atoms with E-state index in [2.05, 4.69) is 14.8 Å². The Morgan fingerprint density at radius 3 is 1.00 bits per heavy atom. The molecule has 0 radical (unpaired) electrons. The van der Waals surface area contributed by atoms with Gasteiger partial charge in [0.1, 0.15) is 0 Å². The quantitative estimate of drug-likeness (QED) is 0.399. The van der Waals surface area contributed by atoms with Crippen LogP contribution in [0.3, 0.4) is 0 Å². The summed E-state index contributed by atoms with van der Waals surface area (Å²) in [5.41, 5.74) is 0. The van der Waals surface area contributed by atoms with Gasteiger partial charge in [0.05, 0.1) is 0 Å². The minimum absolute atomic E-state index is 0. The van der Waals surface area contributed by atoms with Crippen molar-refractivity contribution in [1.82, 2.24) is 0 Å². The number of hydrogen-bond donors (Lipinski definition) is 0. The summed E-state index contributed by atoms with van der Waals surface area (Å²) in [6.45, 7) is 0. The molecule has 0 spiro atoms. The Morgan fingerprint density at radius 2 is 1.00 bits per heavy atom. The van der Waals surface area contributed by atoms with Gasteiger partial charge in [0, 0.05) is 0 Å². The zero-order chi connectivity index (χ0) is 3.58. The fourth-order valence-corrected chi connectivity index (χ4v) is 0. The van der Waals surface area contributed by atoms with Gasteiger partial charge in [-0.1, -0.05) is 0 Å². The van der Waals surface area contributed by atoms with E-state index in [0.717, 1.165) is 0 Å². The molecular formula is C3H9NaSn+2. The topological polar surface area (TPSA) is 0 Å². The molecule has 0 bridgehead atoms. The molecule has 5 heavy (non-hydrogen) atoms. The van der Waals surface area contributed by atoms with Crippen LogP contribution in [0.25, 0.3) is 0 Å². The van der Waals surface area contributed by atoms with Crippen molar-refractivity contribution in [3.8, 4) is 0 Å². The molecule has 0 saturated carbocycles. The van der Waals surface area contributed by atoms with E-state index in [1.54, 1.807) is 0 Å². The Kier molecular flexibility index (Phi) is 11.5. The van der Waals surface area contributed by atoms with Crippen LogP contribution >= 0.6 is 0 Å². The van der Waals surface area contributed by atoms with E-state index >= 15 is 0 Å². The molecule has 0 heterocycles. The minimum atomic E-state index is -0.543. The molecule has 0 aromatic heterocycles. The summed E-state index contributed by atoms with van der Waals surface area (Å²) in [5, 5.41) is 0. The summed E-state index contributed by atoms with van der Waals surface area (Å²) in [4.78, 5) is 7.09. The molecule has 0 aromatic rings. The largest absolute Gasteiger partial charge is 1.00 e. The van der Waals surface area contributed by atoms with Crippen LogP contribution in [0.5, 0.6) is 0 Å². The Morgan fingerprint density at radius 1 is 1.00 bits per heavy atom. The zero-order valence-corrected chi connectivity index (χ0v) is 9.35. The summed E-state index contributed by atoms with van der Waals surface area (Å²) in [6, 6.07) is 0. The van der Waals surface area contributed by atoms with Crippen molar-refractivity contribution < 1.29 is 29.6 Å². The van der Waals surface area contributed by atoms with Crippen LogP contribution in [-0.4, -0.2) is 19.8 Å².